The molecule has 88 valence electrons. The van der Waals surface area contributed by atoms with Crippen molar-refractivity contribution >= 4 is 0 Å². The Kier molecular flexibility index (Phi) is 3.65. The molecule has 16 heavy (non-hydrogen) atoms. The van der Waals surface area contributed by atoms with Gasteiger partial charge in [-0.1, -0.05) is 44.2 Å². The maximum absolute atomic E-state index is 3.60. The summed E-state index contributed by atoms with van der Waals surface area (Å²) in [6.07, 6.45) is 5.22. The molecular formula is C15H23N. The third-order valence-electron chi connectivity index (χ3n) is 3.34. The highest BCUT2D eigenvalue weighted by Gasteiger charge is 2.22. The van der Waals surface area contributed by atoms with Crippen molar-refractivity contribution in [3.8, 4) is 0 Å². The van der Waals surface area contributed by atoms with Crippen molar-refractivity contribution in [2.24, 2.45) is 5.41 Å². The summed E-state index contributed by atoms with van der Waals surface area (Å²) < 4.78 is 0. The molecule has 1 aromatic carbocycles. The SMILES string of the molecule is CC(C)(CCNC1CC1)Cc1ccccc1. The summed E-state index contributed by atoms with van der Waals surface area (Å²) in [7, 11) is 0. The molecule has 1 saturated carbocycles. The van der Waals surface area contributed by atoms with Crippen molar-refractivity contribution < 1.29 is 0 Å². The molecular weight excluding hydrogens is 194 g/mol. The van der Waals surface area contributed by atoms with Gasteiger partial charge in [-0.3, -0.25) is 0 Å². The van der Waals surface area contributed by atoms with Gasteiger partial charge in [-0.15, -0.1) is 0 Å². The molecule has 1 aliphatic rings. The van der Waals surface area contributed by atoms with Gasteiger partial charge in [-0.2, -0.15) is 0 Å². The Morgan fingerprint density at radius 2 is 1.88 bits per heavy atom. The first-order valence-corrected chi connectivity index (χ1v) is 6.43. The number of nitrogens with one attached hydrogen (secondary N) is 1. The summed E-state index contributed by atoms with van der Waals surface area (Å²) in [5, 5.41) is 3.60. The fourth-order valence-corrected chi connectivity index (χ4v) is 2.14. The predicted octanol–water partition coefficient (Wildman–Crippen LogP) is 3.40. The molecule has 0 aliphatic heterocycles. The average molecular weight is 217 g/mol. The Balaban J connectivity index is 1.76. The van der Waals surface area contributed by atoms with Crippen LogP contribution in [0, 0.1) is 5.41 Å². The van der Waals surface area contributed by atoms with E-state index in [1.54, 1.807) is 0 Å². The highest BCUT2D eigenvalue weighted by Crippen LogP contribution is 2.26. The smallest absolute Gasteiger partial charge is 0.00682 e. The van der Waals surface area contributed by atoms with Gasteiger partial charge in [0.15, 0.2) is 0 Å². The fraction of sp³-hybridized carbons (Fsp3) is 0.600. The second-order valence-corrected chi connectivity index (χ2v) is 5.80. The van der Waals surface area contributed by atoms with E-state index in [0.717, 1.165) is 6.04 Å². The van der Waals surface area contributed by atoms with Gasteiger partial charge in [0.05, 0.1) is 0 Å². The van der Waals surface area contributed by atoms with Crippen molar-refractivity contribution in [1.29, 1.82) is 0 Å². The number of hydrogen-bond acceptors (Lipinski definition) is 1. The van der Waals surface area contributed by atoms with Crippen molar-refractivity contribution in [1.82, 2.24) is 5.32 Å². The van der Waals surface area contributed by atoms with Crippen molar-refractivity contribution in [2.45, 2.75) is 45.6 Å². The molecule has 0 radical (unpaired) electrons. The first-order chi connectivity index (χ1) is 7.66. The Hall–Kier alpha value is -0.820. The van der Waals surface area contributed by atoms with Crippen LogP contribution < -0.4 is 5.32 Å². The van der Waals surface area contributed by atoms with Gasteiger partial charge in [0.2, 0.25) is 0 Å². The highest BCUT2D eigenvalue weighted by atomic mass is 14.9. The summed E-state index contributed by atoms with van der Waals surface area (Å²) in [5.41, 5.74) is 1.86. The van der Waals surface area contributed by atoms with Crippen LogP contribution in [0.15, 0.2) is 30.3 Å². The first kappa shape index (κ1) is 11.7. The Morgan fingerprint density at radius 3 is 2.50 bits per heavy atom. The monoisotopic (exact) mass is 217 g/mol. The topological polar surface area (TPSA) is 12.0 Å². The quantitative estimate of drug-likeness (QED) is 0.770. The maximum Gasteiger partial charge on any atom is 0.00682 e. The molecule has 1 aromatic rings. The summed E-state index contributed by atoms with van der Waals surface area (Å²) in [4.78, 5) is 0. The Bertz CT molecular complexity index is 311. The molecule has 0 aromatic heterocycles. The van der Waals surface area contributed by atoms with E-state index in [9.17, 15) is 0 Å². The second-order valence-electron chi connectivity index (χ2n) is 5.80. The second kappa shape index (κ2) is 5.01. The van der Waals surface area contributed by atoms with Crippen molar-refractivity contribution in [3.63, 3.8) is 0 Å². The van der Waals surface area contributed by atoms with Gasteiger partial charge in [-0.05, 0) is 43.2 Å². The van der Waals surface area contributed by atoms with Gasteiger partial charge in [-0.25, -0.2) is 0 Å². The van der Waals surface area contributed by atoms with E-state index in [2.05, 4.69) is 49.5 Å². The first-order valence-electron chi connectivity index (χ1n) is 6.43. The predicted molar refractivity (Wildman–Crippen MR) is 69.6 cm³/mol. The van der Waals surface area contributed by atoms with E-state index in [1.807, 2.05) is 0 Å². The molecule has 1 fully saturated rings. The molecule has 0 atom stereocenters. The van der Waals surface area contributed by atoms with Crippen molar-refractivity contribution in [3.05, 3.63) is 35.9 Å². The zero-order valence-corrected chi connectivity index (χ0v) is 10.5. The normalized spacial score (nSPS) is 16.4. The molecule has 0 spiro atoms. The summed E-state index contributed by atoms with van der Waals surface area (Å²) >= 11 is 0. The lowest BCUT2D eigenvalue weighted by molar-refractivity contribution is 0.325. The molecule has 0 amide bonds. The molecule has 1 N–H and O–H groups in total. The van der Waals surface area contributed by atoms with Crippen LogP contribution in [0.1, 0.15) is 38.7 Å². The van der Waals surface area contributed by atoms with Crippen LogP contribution in [0.3, 0.4) is 0 Å². The fourth-order valence-electron chi connectivity index (χ4n) is 2.14. The van der Waals surface area contributed by atoms with E-state index in [4.69, 9.17) is 0 Å². The zero-order chi connectivity index (χ0) is 11.4. The molecule has 0 bridgehead atoms. The largest absolute Gasteiger partial charge is 0.314 e. The molecule has 1 aliphatic carbocycles. The van der Waals surface area contributed by atoms with Crippen LogP contribution >= 0.6 is 0 Å². The van der Waals surface area contributed by atoms with E-state index in [0.29, 0.717) is 5.41 Å². The highest BCUT2D eigenvalue weighted by molar-refractivity contribution is 5.16. The lowest BCUT2D eigenvalue weighted by atomic mass is 9.83. The number of benzene rings is 1. The average Bonchev–Trinajstić information content (AvgIpc) is 3.02. The third-order valence-corrected chi connectivity index (χ3v) is 3.34. The van der Waals surface area contributed by atoms with Crippen molar-refractivity contribution in [2.75, 3.05) is 6.54 Å². The molecule has 1 nitrogen and oxygen atoms in total. The van der Waals surface area contributed by atoms with E-state index >= 15 is 0 Å². The third kappa shape index (κ3) is 3.97. The molecule has 0 heterocycles. The van der Waals surface area contributed by atoms with Crippen LogP contribution in [-0.4, -0.2) is 12.6 Å². The number of rotatable bonds is 6. The minimum absolute atomic E-state index is 0.406. The van der Waals surface area contributed by atoms with Crippen LogP contribution in [0.25, 0.3) is 0 Å². The Morgan fingerprint density at radius 1 is 1.19 bits per heavy atom. The van der Waals surface area contributed by atoms with Crippen LogP contribution in [-0.2, 0) is 6.42 Å². The molecule has 1 heteroatoms. The van der Waals surface area contributed by atoms with E-state index < -0.39 is 0 Å². The number of hydrogen-bond donors (Lipinski definition) is 1. The minimum Gasteiger partial charge on any atom is -0.314 e. The molecule has 0 unspecified atom stereocenters. The van der Waals surface area contributed by atoms with Crippen LogP contribution in [0.5, 0.6) is 0 Å². The standard InChI is InChI=1S/C15H23N/c1-15(2,10-11-16-14-8-9-14)12-13-6-4-3-5-7-13/h3-7,14,16H,8-12H2,1-2H3. The van der Waals surface area contributed by atoms with Gasteiger partial charge in [0.25, 0.3) is 0 Å². The summed E-state index contributed by atoms with van der Waals surface area (Å²) in [6.45, 7) is 5.91. The van der Waals surface area contributed by atoms with Gasteiger partial charge in [0.1, 0.15) is 0 Å². The molecule has 0 saturated heterocycles. The van der Waals surface area contributed by atoms with Gasteiger partial charge >= 0.3 is 0 Å². The minimum atomic E-state index is 0.406. The zero-order valence-electron chi connectivity index (χ0n) is 10.5. The molecule has 2 rings (SSSR count). The Labute approximate surface area is 99.3 Å². The van der Waals surface area contributed by atoms with Crippen LogP contribution in [0.4, 0.5) is 0 Å². The van der Waals surface area contributed by atoms with E-state index in [-0.39, 0.29) is 0 Å². The van der Waals surface area contributed by atoms with Crippen LogP contribution in [0.2, 0.25) is 0 Å². The van der Waals surface area contributed by atoms with Gasteiger partial charge in [0, 0.05) is 6.04 Å². The lowest BCUT2D eigenvalue weighted by Gasteiger charge is -2.25. The summed E-state index contributed by atoms with van der Waals surface area (Å²) in [6, 6.07) is 11.7. The maximum atomic E-state index is 3.60. The lowest BCUT2D eigenvalue weighted by Crippen LogP contribution is -2.25. The van der Waals surface area contributed by atoms with E-state index in [1.165, 1.54) is 37.8 Å². The van der Waals surface area contributed by atoms with Gasteiger partial charge < -0.3 is 5.32 Å². The summed E-state index contributed by atoms with van der Waals surface area (Å²) in [5.74, 6) is 0.